The molecule has 2 rings (SSSR count). The minimum atomic E-state index is 0.354. The zero-order chi connectivity index (χ0) is 13.5. The van der Waals surface area contributed by atoms with Gasteiger partial charge in [0.25, 0.3) is 0 Å². The van der Waals surface area contributed by atoms with E-state index in [1.165, 1.54) is 0 Å². The van der Waals surface area contributed by atoms with Crippen molar-refractivity contribution in [3.05, 3.63) is 29.8 Å². The van der Waals surface area contributed by atoms with Crippen LogP contribution in [0.5, 0.6) is 5.75 Å². The van der Waals surface area contributed by atoms with Crippen molar-refractivity contribution in [2.75, 3.05) is 32.8 Å². The quantitative estimate of drug-likeness (QED) is 0.793. The number of hydrogen-bond donors (Lipinski definition) is 1. The molecule has 1 unspecified atom stereocenters. The minimum absolute atomic E-state index is 0.354. The molecule has 1 atom stereocenters. The molecule has 1 aliphatic rings. The molecule has 19 heavy (non-hydrogen) atoms. The van der Waals surface area contributed by atoms with Gasteiger partial charge in [0.2, 0.25) is 0 Å². The largest absolute Gasteiger partial charge is 0.493 e. The number of nitrogens with two attached hydrogens (primary N) is 1. The first kappa shape index (κ1) is 14.3. The van der Waals surface area contributed by atoms with E-state index in [0.29, 0.717) is 12.6 Å². The van der Waals surface area contributed by atoms with Gasteiger partial charge in [-0.1, -0.05) is 18.2 Å². The van der Waals surface area contributed by atoms with E-state index >= 15 is 0 Å². The molecule has 1 fully saturated rings. The highest BCUT2D eigenvalue weighted by Gasteiger charge is 2.15. The predicted octanol–water partition coefficient (Wildman–Crippen LogP) is 1.63. The number of hydrogen-bond acceptors (Lipinski definition) is 4. The van der Waals surface area contributed by atoms with Crippen molar-refractivity contribution in [1.29, 1.82) is 0 Å². The van der Waals surface area contributed by atoms with Crippen molar-refractivity contribution in [3.63, 3.8) is 0 Å². The second-order valence-electron chi connectivity index (χ2n) is 5.00. The first-order valence-corrected chi connectivity index (χ1v) is 7.04. The molecule has 0 spiro atoms. The van der Waals surface area contributed by atoms with Crippen LogP contribution in [-0.4, -0.2) is 43.9 Å². The SMILES string of the molecule is CC1CN(CCCOc2ccccc2CN)CCO1. The lowest BCUT2D eigenvalue weighted by Gasteiger charge is -2.30. The molecular weight excluding hydrogens is 240 g/mol. The molecule has 0 bridgehead atoms. The molecule has 0 aromatic heterocycles. The Kier molecular flexibility index (Phi) is 5.63. The summed E-state index contributed by atoms with van der Waals surface area (Å²) in [6.07, 6.45) is 1.39. The Labute approximate surface area is 115 Å². The van der Waals surface area contributed by atoms with Crippen LogP contribution in [0.2, 0.25) is 0 Å². The lowest BCUT2D eigenvalue weighted by molar-refractivity contribution is -0.0193. The van der Waals surface area contributed by atoms with Crippen LogP contribution >= 0.6 is 0 Å². The topological polar surface area (TPSA) is 47.7 Å². The molecule has 0 radical (unpaired) electrons. The van der Waals surface area contributed by atoms with Gasteiger partial charge in [0.1, 0.15) is 5.75 Å². The third kappa shape index (κ3) is 4.49. The van der Waals surface area contributed by atoms with Crippen molar-refractivity contribution in [2.45, 2.75) is 26.0 Å². The molecule has 4 heteroatoms. The van der Waals surface area contributed by atoms with Gasteiger partial charge in [0.05, 0.1) is 19.3 Å². The average molecular weight is 264 g/mol. The molecule has 0 amide bonds. The van der Waals surface area contributed by atoms with Crippen LogP contribution in [0.15, 0.2) is 24.3 Å². The lowest BCUT2D eigenvalue weighted by Crippen LogP contribution is -2.41. The molecule has 1 aliphatic heterocycles. The summed E-state index contributed by atoms with van der Waals surface area (Å²) in [6.45, 7) is 7.36. The van der Waals surface area contributed by atoms with E-state index < -0.39 is 0 Å². The molecule has 4 nitrogen and oxygen atoms in total. The minimum Gasteiger partial charge on any atom is -0.493 e. The molecular formula is C15H24N2O2. The van der Waals surface area contributed by atoms with Crippen LogP contribution in [0.1, 0.15) is 18.9 Å². The number of nitrogens with zero attached hydrogens (tertiary/aromatic N) is 1. The van der Waals surface area contributed by atoms with Crippen LogP contribution in [0, 0.1) is 0 Å². The van der Waals surface area contributed by atoms with Crippen molar-refractivity contribution < 1.29 is 9.47 Å². The van der Waals surface area contributed by atoms with Crippen LogP contribution < -0.4 is 10.5 Å². The molecule has 2 N–H and O–H groups in total. The van der Waals surface area contributed by atoms with Gasteiger partial charge in [-0.25, -0.2) is 0 Å². The van der Waals surface area contributed by atoms with Crippen molar-refractivity contribution >= 4 is 0 Å². The van der Waals surface area contributed by atoms with Crippen LogP contribution in [0.3, 0.4) is 0 Å². The first-order valence-electron chi connectivity index (χ1n) is 7.04. The van der Waals surface area contributed by atoms with Gasteiger partial charge >= 0.3 is 0 Å². The molecule has 1 saturated heterocycles. The Hall–Kier alpha value is -1.10. The van der Waals surface area contributed by atoms with Gasteiger partial charge in [-0.3, -0.25) is 4.90 Å². The van der Waals surface area contributed by atoms with Crippen LogP contribution in [-0.2, 0) is 11.3 Å². The summed E-state index contributed by atoms with van der Waals surface area (Å²) in [7, 11) is 0. The van der Waals surface area contributed by atoms with E-state index in [1.54, 1.807) is 0 Å². The summed E-state index contributed by atoms with van der Waals surface area (Å²) < 4.78 is 11.3. The van der Waals surface area contributed by atoms with Gasteiger partial charge in [-0.05, 0) is 19.4 Å². The van der Waals surface area contributed by atoms with E-state index in [2.05, 4.69) is 11.8 Å². The van der Waals surface area contributed by atoms with Crippen molar-refractivity contribution in [2.24, 2.45) is 5.73 Å². The molecule has 106 valence electrons. The Balaban J connectivity index is 1.69. The number of para-hydroxylation sites is 1. The second-order valence-corrected chi connectivity index (χ2v) is 5.00. The average Bonchev–Trinajstić information content (AvgIpc) is 2.44. The smallest absolute Gasteiger partial charge is 0.123 e. The Bertz CT molecular complexity index is 384. The summed E-state index contributed by atoms with van der Waals surface area (Å²) in [5.74, 6) is 0.917. The Morgan fingerprint density at radius 1 is 1.42 bits per heavy atom. The van der Waals surface area contributed by atoms with Gasteiger partial charge in [0, 0.05) is 31.7 Å². The Morgan fingerprint density at radius 3 is 3.05 bits per heavy atom. The molecule has 1 heterocycles. The standard InChI is InChI=1S/C15H24N2O2/c1-13-12-17(8-10-18-13)7-4-9-19-15-6-3-2-5-14(15)11-16/h2-3,5-6,13H,4,7-12,16H2,1H3. The summed E-state index contributed by atoms with van der Waals surface area (Å²) in [5, 5.41) is 0. The molecule has 0 saturated carbocycles. The lowest BCUT2D eigenvalue weighted by atomic mass is 10.2. The monoisotopic (exact) mass is 264 g/mol. The van der Waals surface area contributed by atoms with E-state index in [4.69, 9.17) is 15.2 Å². The zero-order valence-corrected chi connectivity index (χ0v) is 11.7. The first-order chi connectivity index (χ1) is 9.29. The van der Waals surface area contributed by atoms with Crippen molar-refractivity contribution in [1.82, 2.24) is 4.90 Å². The fraction of sp³-hybridized carbons (Fsp3) is 0.600. The van der Waals surface area contributed by atoms with Gasteiger partial charge in [-0.2, -0.15) is 0 Å². The normalized spacial score (nSPS) is 20.4. The van der Waals surface area contributed by atoms with Crippen LogP contribution in [0.25, 0.3) is 0 Å². The predicted molar refractivity (Wildman–Crippen MR) is 76.3 cm³/mol. The molecule has 0 aliphatic carbocycles. The van der Waals surface area contributed by atoms with Gasteiger partial charge in [0.15, 0.2) is 0 Å². The maximum atomic E-state index is 5.81. The third-order valence-electron chi connectivity index (χ3n) is 3.39. The number of morpholine rings is 1. The van der Waals surface area contributed by atoms with Crippen LogP contribution in [0.4, 0.5) is 0 Å². The highest BCUT2D eigenvalue weighted by atomic mass is 16.5. The zero-order valence-electron chi connectivity index (χ0n) is 11.7. The van der Waals surface area contributed by atoms with E-state index in [0.717, 1.165) is 50.6 Å². The molecule has 1 aromatic carbocycles. The van der Waals surface area contributed by atoms with Gasteiger partial charge < -0.3 is 15.2 Å². The molecule has 1 aromatic rings. The Morgan fingerprint density at radius 2 is 2.26 bits per heavy atom. The maximum absolute atomic E-state index is 5.81. The fourth-order valence-electron chi connectivity index (χ4n) is 2.38. The number of ether oxygens (including phenoxy) is 2. The van der Waals surface area contributed by atoms with Crippen molar-refractivity contribution in [3.8, 4) is 5.75 Å². The van der Waals surface area contributed by atoms with E-state index in [-0.39, 0.29) is 0 Å². The third-order valence-corrected chi connectivity index (χ3v) is 3.39. The number of rotatable bonds is 6. The summed E-state index contributed by atoms with van der Waals surface area (Å²) >= 11 is 0. The summed E-state index contributed by atoms with van der Waals surface area (Å²) in [6, 6.07) is 7.97. The highest BCUT2D eigenvalue weighted by molar-refractivity contribution is 5.32. The summed E-state index contributed by atoms with van der Waals surface area (Å²) in [4.78, 5) is 2.44. The van der Waals surface area contributed by atoms with E-state index in [9.17, 15) is 0 Å². The van der Waals surface area contributed by atoms with Gasteiger partial charge in [-0.15, -0.1) is 0 Å². The van der Waals surface area contributed by atoms with E-state index in [1.807, 2.05) is 24.3 Å². The maximum Gasteiger partial charge on any atom is 0.123 e. The highest BCUT2D eigenvalue weighted by Crippen LogP contribution is 2.17. The fourth-order valence-corrected chi connectivity index (χ4v) is 2.38. The number of benzene rings is 1. The second kappa shape index (κ2) is 7.48. The summed E-state index contributed by atoms with van der Waals surface area (Å²) in [5.41, 5.74) is 6.76.